The Kier molecular flexibility index (Phi) is 10.1. The Hall–Kier alpha value is -3.10. The van der Waals surface area contributed by atoms with Gasteiger partial charge in [0.05, 0.1) is 11.4 Å². The van der Waals surface area contributed by atoms with E-state index in [1.54, 1.807) is 33.2 Å². The molecule has 0 atom stereocenters. The Balaban J connectivity index is 0.000000456. The molecule has 0 bridgehead atoms. The van der Waals surface area contributed by atoms with Crippen molar-refractivity contribution in [2.45, 2.75) is 39.7 Å². The Morgan fingerprint density at radius 1 is 1.20 bits per heavy atom. The van der Waals surface area contributed by atoms with E-state index in [0.29, 0.717) is 23.8 Å². The molecule has 0 spiro atoms. The number of benzene rings is 1. The summed E-state index contributed by atoms with van der Waals surface area (Å²) in [5, 5.41) is 3.27. The monoisotopic (exact) mass is 517 g/mol. The van der Waals surface area contributed by atoms with Gasteiger partial charge in [0.1, 0.15) is 10.8 Å². The maximum absolute atomic E-state index is 12.6. The van der Waals surface area contributed by atoms with Crippen LogP contribution in [0.5, 0.6) is 0 Å². The van der Waals surface area contributed by atoms with Crippen molar-refractivity contribution < 1.29 is 17.9 Å². The lowest BCUT2D eigenvalue weighted by atomic mass is 10.1. The van der Waals surface area contributed by atoms with Crippen LogP contribution in [0, 0.1) is 6.92 Å². The van der Waals surface area contributed by atoms with Crippen molar-refractivity contribution in [3.05, 3.63) is 89.9 Å². The third-order valence-corrected chi connectivity index (χ3v) is 6.52. The zero-order valence-corrected chi connectivity index (χ0v) is 22.1. The number of nitrogens with zero attached hydrogens (tertiary/aromatic N) is 2. The number of carbonyl (C=O) groups excluding carboxylic acids is 1. The normalized spacial score (nSPS) is 11.2. The molecule has 2 aromatic heterocycles. The minimum atomic E-state index is -3.55. The highest BCUT2D eigenvalue weighted by molar-refractivity contribution is 7.90. The van der Waals surface area contributed by atoms with Crippen molar-refractivity contribution in [2.75, 3.05) is 12.3 Å². The lowest BCUT2D eigenvalue weighted by molar-refractivity contribution is 0.0528. The van der Waals surface area contributed by atoms with Gasteiger partial charge < -0.3 is 10.1 Å². The number of amides is 1. The number of ether oxygens (including phenoxy) is 1. The molecule has 0 saturated carbocycles. The van der Waals surface area contributed by atoms with Gasteiger partial charge >= 0.3 is 6.09 Å². The molecule has 35 heavy (non-hydrogen) atoms. The Labute approximate surface area is 212 Å². The predicted molar refractivity (Wildman–Crippen MR) is 141 cm³/mol. The highest BCUT2D eigenvalue weighted by Gasteiger charge is 2.19. The second kappa shape index (κ2) is 12.6. The highest BCUT2D eigenvalue weighted by Crippen LogP contribution is 2.24. The van der Waals surface area contributed by atoms with E-state index in [-0.39, 0.29) is 5.75 Å². The van der Waals surface area contributed by atoms with Crippen molar-refractivity contribution in [2.24, 2.45) is 0 Å². The fraction of sp³-hybridized carbons (Fsp3) is 0.308. The summed E-state index contributed by atoms with van der Waals surface area (Å²) in [5.74, 6) is -0.156. The summed E-state index contributed by atoms with van der Waals surface area (Å²) < 4.78 is 31.6. The first-order valence-corrected chi connectivity index (χ1v) is 13.1. The van der Waals surface area contributed by atoms with Gasteiger partial charge in [-0.05, 0) is 62.9 Å². The summed E-state index contributed by atoms with van der Waals surface area (Å²) >= 11 is 5.60. The molecular formula is C26H32ClN3O4S. The van der Waals surface area contributed by atoms with Gasteiger partial charge in [0.2, 0.25) is 10.0 Å². The number of aromatic nitrogens is 2. The molecule has 0 saturated heterocycles. The molecule has 1 amide bonds. The number of alkyl carbamates (subject to hydrolysis) is 1. The number of hydrogen-bond donors (Lipinski definition) is 1. The average molecular weight is 518 g/mol. The molecule has 7 nitrogen and oxygen atoms in total. The first kappa shape index (κ1) is 28.1. The molecular weight excluding hydrogens is 486 g/mol. The van der Waals surface area contributed by atoms with Gasteiger partial charge in [-0.1, -0.05) is 54.1 Å². The van der Waals surface area contributed by atoms with E-state index in [1.165, 1.54) is 10.0 Å². The first-order chi connectivity index (χ1) is 16.4. The molecule has 188 valence electrons. The molecule has 0 aliphatic carbocycles. The number of nitrogens with one attached hydrogen (secondary N) is 1. The smallest absolute Gasteiger partial charge is 0.407 e. The van der Waals surface area contributed by atoms with E-state index < -0.39 is 21.7 Å². The number of carbonyl (C=O) groups is 1. The van der Waals surface area contributed by atoms with Crippen LogP contribution in [0.15, 0.2) is 73.6 Å². The molecule has 1 aromatic carbocycles. The fourth-order valence-corrected chi connectivity index (χ4v) is 4.33. The van der Waals surface area contributed by atoms with Crippen LogP contribution >= 0.6 is 11.6 Å². The van der Waals surface area contributed by atoms with Crippen LogP contribution in [-0.4, -0.2) is 41.4 Å². The van der Waals surface area contributed by atoms with Gasteiger partial charge in [0, 0.05) is 18.9 Å². The second-order valence-electron chi connectivity index (χ2n) is 8.75. The number of aryl methyl sites for hydroxylation is 1. The summed E-state index contributed by atoms with van der Waals surface area (Å²) in [4.78, 5) is 15.6. The summed E-state index contributed by atoms with van der Waals surface area (Å²) in [5.41, 5.74) is 2.65. The van der Waals surface area contributed by atoms with Crippen LogP contribution in [0.4, 0.5) is 4.79 Å². The molecule has 0 fully saturated rings. The topological polar surface area (TPSA) is 90.3 Å². The van der Waals surface area contributed by atoms with Crippen molar-refractivity contribution >= 4 is 27.7 Å². The standard InChI is InChI=1S/C20H26N2O4S.C6H6ClN/c1-5-13-27(24,25)22-15-16(11-12-21-19(23)26-20(2,3)4)14-18(22)17-9-7-6-8-10-17;1-5-3-2-4-8-6(5)7/h5-10,14-15H,1,11-13H2,2-4H3,(H,21,23);2-4H,1H3. The molecule has 9 heteroatoms. The van der Waals surface area contributed by atoms with Gasteiger partial charge in [-0.2, -0.15) is 0 Å². The van der Waals surface area contributed by atoms with Crippen LogP contribution in [0.3, 0.4) is 0 Å². The van der Waals surface area contributed by atoms with Gasteiger partial charge in [0.15, 0.2) is 0 Å². The van der Waals surface area contributed by atoms with E-state index in [1.807, 2.05) is 55.5 Å². The SMILES string of the molecule is C=CCS(=O)(=O)n1cc(CCNC(=O)OC(C)(C)C)cc1-c1ccccc1.Cc1cccnc1Cl. The maximum Gasteiger partial charge on any atom is 0.407 e. The number of pyridine rings is 1. The highest BCUT2D eigenvalue weighted by atomic mass is 35.5. The average Bonchev–Trinajstić information content (AvgIpc) is 3.21. The van der Waals surface area contributed by atoms with Gasteiger partial charge in [-0.3, -0.25) is 0 Å². The zero-order valence-electron chi connectivity index (χ0n) is 20.5. The number of hydrogen-bond acceptors (Lipinski definition) is 5. The molecule has 2 heterocycles. The summed E-state index contributed by atoms with van der Waals surface area (Å²) in [6, 6.07) is 14.9. The van der Waals surface area contributed by atoms with Crippen molar-refractivity contribution in [1.29, 1.82) is 0 Å². The quantitative estimate of drug-likeness (QED) is 0.324. The van der Waals surface area contributed by atoms with E-state index in [4.69, 9.17) is 16.3 Å². The minimum Gasteiger partial charge on any atom is -0.444 e. The number of rotatable bonds is 7. The first-order valence-electron chi connectivity index (χ1n) is 11.1. The van der Waals surface area contributed by atoms with Crippen LogP contribution in [-0.2, 0) is 21.2 Å². The van der Waals surface area contributed by atoms with E-state index in [0.717, 1.165) is 16.7 Å². The van der Waals surface area contributed by atoms with Crippen molar-refractivity contribution in [1.82, 2.24) is 14.3 Å². The Bertz CT molecular complexity index is 1210. The second-order valence-corrected chi connectivity index (χ2v) is 11.0. The molecule has 0 aliphatic heterocycles. The van der Waals surface area contributed by atoms with Crippen LogP contribution in [0.1, 0.15) is 31.9 Å². The zero-order chi connectivity index (χ0) is 26.1. The number of halogens is 1. The van der Waals surface area contributed by atoms with E-state index in [9.17, 15) is 13.2 Å². The van der Waals surface area contributed by atoms with Crippen molar-refractivity contribution in [3.63, 3.8) is 0 Å². The molecule has 3 aromatic rings. The minimum absolute atomic E-state index is 0.156. The van der Waals surface area contributed by atoms with Crippen molar-refractivity contribution in [3.8, 4) is 11.3 Å². The van der Waals surface area contributed by atoms with E-state index >= 15 is 0 Å². The van der Waals surface area contributed by atoms with E-state index in [2.05, 4.69) is 16.9 Å². The molecule has 0 radical (unpaired) electrons. The Morgan fingerprint density at radius 2 is 1.89 bits per heavy atom. The lowest BCUT2D eigenvalue weighted by Gasteiger charge is -2.19. The van der Waals surface area contributed by atoms with Crippen LogP contribution < -0.4 is 5.32 Å². The summed E-state index contributed by atoms with van der Waals surface area (Å²) in [6.45, 7) is 11.2. The molecule has 3 rings (SSSR count). The third-order valence-electron chi connectivity index (χ3n) is 4.57. The van der Waals surface area contributed by atoms with Gasteiger partial charge in [0.25, 0.3) is 0 Å². The lowest BCUT2D eigenvalue weighted by Crippen LogP contribution is -2.33. The maximum atomic E-state index is 12.6. The molecule has 0 aliphatic rings. The molecule has 0 unspecified atom stereocenters. The Morgan fingerprint density at radius 3 is 2.43 bits per heavy atom. The van der Waals surface area contributed by atoms with Gasteiger partial charge in [-0.25, -0.2) is 22.2 Å². The fourth-order valence-electron chi connectivity index (χ4n) is 3.00. The molecule has 1 N–H and O–H groups in total. The largest absolute Gasteiger partial charge is 0.444 e. The van der Waals surface area contributed by atoms with Crippen LogP contribution in [0.25, 0.3) is 11.3 Å². The summed E-state index contributed by atoms with van der Waals surface area (Å²) in [7, 11) is -3.55. The van der Waals surface area contributed by atoms with Gasteiger partial charge in [-0.15, -0.1) is 6.58 Å². The summed E-state index contributed by atoms with van der Waals surface area (Å²) in [6.07, 6.45) is 4.63. The third kappa shape index (κ3) is 9.22. The van der Waals surface area contributed by atoms with Crippen LogP contribution in [0.2, 0.25) is 5.15 Å². The predicted octanol–water partition coefficient (Wildman–Crippen LogP) is 5.63.